The van der Waals surface area contributed by atoms with Gasteiger partial charge in [0.2, 0.25) is 5.91 Å². The molecule has 1 amide bonds. The van der Waals surface area contributed by atoms with Crippen LogP contribution in [0.1, 0.15) is 22.5 Å². The Bertz CT molecular complexity index is 1290. The highest BCUT2D eigenvalue weighted by Crippen LogP contribution is 2.27. The van der Waals surface area contributed by atoms with Crippen LogP contribution in [0.5, 0.6) is 5.75 Å². The number of carbonyl (C=O) groups is 1. The normalized spacial score (nSPS) is 10.8. The predicted molar refractivity (Wildman–Crippen MR) is 128 cm³/mol. The molecule has 0 atom stereocenters. The fourth-order valence-corrected chi connectivity index (χ4v) is 3.67. The number of rotatable bonds is 7. The van der Waals surface area contributed by atoms with Crippen LogP contribution in [0.15, 0.2) is 61.1 Å². The molecule has 0 radical (unpaired) electrons. The number of nitrogens with zero attached hydrogens (tertiary/aromatic N) is 4. The monoisotopic (exact) mass is 481 g/mol. The molecule has 3 heterocycles. The summed E-state index contributed by atoms with van der Waals surface area (Å²) in [5.74, 6) is 0.633. The Morgan fingerprint density at radius 1 is 1.06 bits per heavy atom. The van der Waals surface area contributed by atoms with Gasteiger partial charge in [-0.2, -0.15) is 5.10 Å². The molecule has 33 heavy (non-hydrogen) atoms. The van der Waals surface area contributed by atoms with Gasteiger partial charge in [0.15, 0.2) is 11.6 Å². The number of anilines is 1. The molecule has 1 N–H and O–H groups in total. The lowest BCUT2D eigenvalue weighted by molar-refractivity contribution is -0.115. The van der Waals surface area contributed by atoms with Crippen LogP contribution in [-0.2, 0) is 17.8 Å². The lowest BCUT2D eigenvalue weighted by atomic mass is 10.1. The van der Waals surface area contributed by atoms with E-state index in [0.717, 1.165) is 28.2 Å². The van der Waals surface area contributed by atoms with Gasteiger partial charge in [0, 0.05) is 29.8 Å². The number of ether oxygens (including phenoxy) is 1. The maximum atomic E-state index is 12.9. The molecule has 0 aliphatic rings. The molecule has 9 heteroatoms. The number of hydrogen-bond donors (Lipinski definition) is 1. The van der Waals surface area contributed by atoms with E-state index in [9.17, 15) is 4.79 Å². The molecule has 168 valence electrons. The third-order valence-corrected chi connectivity index (χ3v) is 5.84. The van der Waals surface area contributed by atoms with Crippen molar-refractivity contribution in [1.82, 2.24) is 19.7 Å². The van der Waals surface area contributed by atoms with Crippen LogP contribution in [-0.4, -0.2) is 25.7 Å². The number of benzene rings is 1. The number of nitrogens with one attached hydrogen (secondary N) is 1. The summed E-state index contributed by atoms with van der Waals surface area (Å²) in [7, 11) is 0. The van der Waals surface area contributed by atoms with Crippen molar-refractivity contribution in [3.8, 4) is 11.4 Å². The predicted octanol–water partition coefficient (Wildman–Crippen LogP) is 5.35. The second kappa shape index (κ2) is 10.0. The zero-order chi connectivity index (χ0) is 23.4. The summed E-state index contributed by atoms with van der Waals surface area (Å²) in [6, 6.07) is 12.6. The minimum atomic E-state index is -0.220. The maximum absolute atomic E-state index is 12.9. The second-order valence-electron chi connectivity index (χ2n) is 7.38. The highest BCUT2D eigenvalue weighted by atomic mass is 35.5. The number of hydrogen-bond acceptors (Lipinski definition) is 5. The third-order valence-electron chi connectivity index (χ3n) is 5.10. The highest BCUT2D eigenvalue weighted by molar-refractivity contribution is 6.42. The van der Waals surface area contributed by atoms with Crippen molar-refractivity contribution in [3.63, 3.8) is 0 Å². The molecule has 0 saturated heterocycles. The average molecular weight is 482 g/mol. The van der Waals surface area contributed by atoms with E-state index in [2.05, 4.69) is 20.4 Å². The van der Waals surface area contributed by atoms with E-state index in [-0.39, 0.29) is 12.3 Å². The summed E-state index contributed by atoms with van der Waals surface area (Å²) >= 11 is 12.2. The van der Waals surface area contributed by atoms with Crippen LogP contribution in [0.3, 0.4) is 0 Å². The van der Waals surface area contributed by atoms with E-state index in [4.69, 9.17) is 27.9 Å². The smallest absolute Gasteiger partial charge is 0.230 e. The Kier molecular flexibility index (Phi) is 6.91. The molecule has 3 aromatic heterocycles. The van der Waals surface area contributed by atoms with Gasteiger partial charge in [-0.15, -0.1) is 0 Å². The van der Waals surface area contributed by atoms with Crippen LogP contribution in [0.2, 0.25) is 10.0 Å². The summed E-state index contributed by atoms with van der Waals surface area (Å²) in [5, 5.41) is 8.35. The maximum Gasteiger partial charge on any atom is 0.230 e. The number of amides is 1. The van der Waals surface area contributed by atoms with Gasteiger partial charge in [-0.25, -0.2) is 9.67 Å². The first-order chi connectivity index (χ1) is 15.9. The van der Waals surface area contributed by atoms with Gasteiger partial charge in [-0.05, 0) is 61.9 Å². The quantitative estimate of drug-likeness (QED) is 0.384. The topological polar surface area (TPSA) is 81.9 Å². The molecule has 0 bridgehead atoms. The van der Waals surface area contributed by atoms with Crippen molar-refractivity contribution in [2.24, 2.45) is 0 Å². The third kappa shape index (κ3) is 5.32. The molecule has 0 unspecified atom stereocenters. The Hall–Kier alpha value is -3.42. The highest BCUT2D eigenvalue weighted by Gasteiger charge is 2.18. The Labute approximate surface area is 201 Å². The molecular weight excluding hydrogens is 461 g/mol. The summed E-state index contributed by atoms with van der Waals surface area (Å²) in [5.41, 5.74) is 4.16. The summed E-state index contributed by atoms with van der Waals surface area (Å²) in [6.45, 7) is 4.12. The molecule has 0 saturated carbocycles. The van der Waals surface area contributed by atoms with Crippen LogP contribution >= 0.6 is 23.2 Å². The van der Waals surface area contributed by atoms with Crippen LogP contribution < -0.4 is 10.1 Å². The van der Waals surface area contributed by atoms with E-state index < -0.39 is 0 Å². The Balaban J connectivity index is 1.48. The van der Waals surface area contributed by atoms with E-state index in [1.165, 1.54) is 0 Å². The average Bonchev–Trinajstić information content (AvgIpc) is 3.09. The van der Waals surface area contributed by atoms with E-state index in [0.29, 0.717) is 28.2 Å². The van der Waals surface area contributed by atoms with Crippen LogP contribution in [0.4, 0.5) is 5.82 Å². The molecule has 1 aromatic carbocycles. The van der Waals surface area contributed by atoms with E-state index in [1.54, 1.807) is 47.5 Å². The second-order valence-corrected chi connectivity index (χ2v) is 8.19. The Morgan fingerprint density at radius 2 is 1.85 bits per heavy atom. The Morgan fingerprint density at radius 3 is 2.61 bits per heavy atom. The first-order valence-corrected chi connectivity index (χ1v) is 10.9. The minimum Gasteiger partial charge on any atom is -0.485 e. The summed E-state index contributed by atoms with van der Waals surface area (Å²) < 4.78 is 7.61. The van der Waals surface area contributed by atoms with Gasteiger partial charge in [-0.1, -0.05) is 23.2 Å². The first-order valence-electron chi connectivity index (χ1n) is 10.2. The van der Waals surface area contributed by atoms with Gasteiger partial charge in [0.1, 0.15) is 6.61 Å². The molecule has 0 spiro atoms. The van der Waals surface area contributed by atoms with E-state index in [1.807, 2.05) is 32.0 Å². The molecule has 7 nitrogen and oxygen atoms in total. The molecule has 0 fully saturated rings. The van der Waals surface area contributed by atoms with E-state index >= 15 is 0 Å². The van der Waals surface area contributed by atoms with Crippen LogP contribution in [0, 0.1) is 13.8 Å². The SMILES string of the molecule is Cc1nn(-c2ccc(Cl)c(Cl)c2)c(C)c1CC(=O)Nc1ncccc1OCc1ccncc1. The lowest BCUT2D eigenvalue weighted by Gasteiger charge is -2.12. The number of carbonyl (C=O) groups excluding carboxylic acids is 1. The largest absolute Gasteiger partial charge is 0.485 e. The summed E-state index contributed by atoms with van der Waals surface area (Å²) in [6.07, 6.45) is 5.15. The number of halogens is 2. The van der Waals surface area contributed by atoms with Crippen molar-refractivity contribution >= 4 is 34.9 Å². The minimum absolute atomic E-state index is 0.138. The standard InChI is InChI=1S/C24H21Cl2N5O2/c1-15-19(16(2)31(30-15)18-5-6-20(25)21(26)12-18)13-23(32)29-24-22(4-3-9-28-24)33-14-17-7-10-27-11-8-17/h3-12H,13-14H2,1-2H3,(H,28,29,32). The first kappa shape index (κ1) is 22.8. The fraction of sp³-hybridized carbons (Fsp3) is 0.167. The van der Waals surface area contributed by atoms with Gasteiger partial charge in [0.05, 0.1) is 27.8 Å². The lowest BCUT2D eigenvalue weighted by Crippen LogP contribution is -2.17. The van der Waals surface area contributed by atoms with Crippen molar-refractivity contribution in [2.75, 3.05) is 5.32 Å². The molecule has 4 aromatic rings. The van der Waals surface area contributed by atoms with Gasteiger partial charge in [0.25, 0.3) is 0 Å². The zero-order valence-corrected chi connectivity index (χ0v) is 19.6. The van der Waals surface area contributed by atoms with Gasteiger partial charge in [-0.3, -0.25) is 9.78 Å². The number of pyridine rings is 2. The fourth-order valence-electron chi connectivity index (χ4n) is 3.38. The molecule has 4 rings (SSSR count). The molecular formula is C24H21Cl2N5O2. The zero-order valence-electron chi connectivity index (χ0n) is 18.0. The van der Waals surface area contributed by atoms with Gasteiger partial charge >= 0.3 is 0 Å². The number of aromatic nitrogens is 4. The summed E-state index contributed by atoms with van der Waals surface area (Å²) in [4.78, 5) is 21.1. The van der Waals surface area contributed by atoms with Crippen LogP contribution in [0.25, 0.3) is 5.69 Å². The van der Waals surface area contributed by atoms with Crippen molar-refractivity contribution in [2.45, 2.75) is 26.9 Å². The van der Waals surface area contributed by atoms with Gasteiger partial charge < -0.3 is 10.1 Å². The van der Waals surface area contributed by atoms with Crippen molar-refractivity contribution < 1.29 is 9.53 Å². The van der Waals surface area contributed by atoms with Crippen molar-refractivity contribution in [1.29, 1.82) is 0 Å². The molecule has 0 aliphatic carbocycles. The molecule has 0 aliphatic heterocycles. The number of aryl methyl sites for hydroxylation is 1. The van der Waals surface area contributed by atoms with Crippen molar-refractivity contribution in [3.05, 3.63) is 93.6 Å².